The minimum absolute atomic E-state index is 0.0458. The maximum atomic E-state index is 13.8. The van der Waals surface area contributed by atoms with Gasteiger partial charge in [0.05, 0.1) is 35.1 Å². The van der Waals surface area contributed by atoms with Crippen molar-refractivity contribution in [2.45, 2.75) is 121 Å². The summed E-state index contributed by atoms with van der Waals surface area (Å²) in [6, 6.07) is 0. The molecule has 3 fully saturated rings. The van der Waals surface area contributed by atoms with Crippen molar-refractivity contribution in [3.63, 3.8) is 0 Å². The number of aliphatic hydroxyl groups is 2. The molecule has 0 spiro atoms. The predicted octanol–water partition coefficient (Wildman–Crippen LogP) is 4.47. The molecule has 0 heterocycles. The van der Waals surface area contributed by atoms with E-state index in [-0.39, 0.29) is 46.6 Å². The molecule has 2 N–H and O–H groups in total. The smallest absolute Gasteiger partial charge is 0.159 e. The standard InChI is InChI=1S/C31H52O7/c1-27(2,33)13-12-26(37-8)30(5,34)25-11-15-31(38-9)20-16-22(32)21-17-23(35-6)24(36-7)18-28(21,3)19(20)10-14-29(25,31)4/h16,19,21,23-26,33-34H,10-15,17-18H2,1-9H3/t19?,21?,23-,24+,25?,26-,28?,29?,30-,31-/m1/s1. The molecule has 5 unspecified atom stereocenters. The number of hydrogen-bond donors (Lipinski definition) is 2. The normalized spacial score (nSPS) is 43.5. The maximum absolute atomic E-state index is 13.8. The van der Waals surface area contributed by atoms with E-state index >= 15 is 0 Å². The number of ketones is 1. The molecule has 10 atom stereocenters. The quantitative estimate of drug-likeness (QED) is 0.449. The van der Waals surface area contributed by atoms with Gasteiger partial charge in [-0.2, -0.15) is 0 Å². The summed E-state index contributed by atoms with van der Waals surface area (Å²) >= 11 is 0. The lowest BCUT2D eigenvalue weighted by Crippen LogP contribution is -2.63. The minimum Gasteiger partial charge on any atom is -0.390 e. The van der Waals surface area contributed by atoms with Gasteiger partial charge < -0.3 is 29.2 Å². The van der Waals surface area contributed by atoms with Crippen molar-refractivity contribution in [2.75, 3.05) is 28.4 Å². The van der Waals surface area contributed by atoms with Crippen molar-refractivity contribution < 1.29 is 34.0 Å². The molecule has 0 radical (unpaired) electrons. The lowest BCUT2D eigenvalue weighted by Gasteiger charge is -2.62. The molecule has 7 heteroatoms. The van der Waals surface area contributed by atoms with Gasteiger partial charge in [-0.25, -0.2) is 0 Å². The molecular weight excluding hydrogens is 484 g/mol. The van der Waals surface area contributed by atoms with Crippen LogP contribution >= 0.6 is 0 Å². The third-order valence-electron chi connectivity index (χ3n) is 11.6. The Hall–Kier alpha value is -0.830. The Labute approximate surface area is 229 Å². The fourth-order valence-corrected chi connectivity index (χ4v) is 9.54. The molecule has 7 nitrogen and oxygen atoms in total. The van der Waals surface area contributed by atoms with Crippen LogP contribution in [0, 0.1) is 28.6 Å². The molecule has 38 heavy (non-hydrogen) atoms. The molecule has 4 aliphatic rings. The summed E-state index contributed by atoms with van der Waals surface area (Å²) in [5.41, 5.74) is -2.05. The topological polar surface area (TPSA) is 94.5 Å². The number of carbonyl (C=O) groups excluding carboxylic acids is 1. The zero-order chi connectivity index (χ0) is 28.3. The predicted molar refractivity (Wildman–Crippen MR) is 146 cm³/mol. The molecular formula is C31H52O7. The fraction of sp³-hybridized carbons (Fsp3) is 0.903. The zero-order valence-corrected chi connectivity index (χ0v) is 25.1. The summed E-state index contributed by atoms with van der Waals surface area (Å²) < 4.78 is 24.0. The lowest BCUT2D eigenvalue weighted by atomic mass is 9.45. The lowest BCUT2D eigenvalue weighted by molar-refractivity contribution is -0.189. The molecule has 0 aliphatic heterocycles. The van der Waals surface area contributed by atoms with Gasteiger partial charge in [0.15, 0.2) is 5.78 Å². The molecule has 0 aromatic rings. The van der Waals surface area contributed by atoms with Crippen LogP contribution < -0.4 is 0 Å². The monoisotopic (exact) mass is 536 g/mol. The summed E-state index contributed by atoms with van der Waals surface area (Å²) in [6.45, 7) is 10.00. The molecule has 0 amide bonds. The highest BCUT2D eigenvalue weighted by atomic mass is 16.5. The van der Waals surface area contributed by atoms with Crippen LogP contribution in [0.4, 0.5) is 0 Å². The first kappa shape index (κ1) is 30.1. The van der Waals surface area contributed by atoms with Gasteiger partial charge in [0.25, 0.3) is 0 Å². The molecule has 4 rings (SSSR count). The first-order chi connectivity index (χ1) is 17.6. The van der Waals surface area contributed by atoms with Crippen molar-refractivity contribution in [1.82, 2.24) is 0 Å². The number of methoxy groups -OCH3 is 4. The average Bonchev–Trinajstić information content (AvgIpc) is 3.17. The Kier molecular flexibility index (Phi) is 8.10. The largest absolute Gasteiger partial charge is 0.390 e. The number of allylic oxidation sites excluding steroid dienone is 1. The summed E-state index contributed by atoms with van der Waals surface area (Å²) in [7, 11) is 6.87. The SMILES string of the molecule is CO[C@H]1CC2(C)C(C[C@H]1OC)C(=O)C=C1C2CCC2(C)C([C@@](C)(O)[C@@H](CCC(C)(C)O)OC)CC[C@@]12OC. The Bertz CT molecular complexity index is 922. The van der Waals surface area contributed by atoms with E-state index < -0.39 is 22.9 Å². The minimum atomic E-state index is -1.12. The van der Waals surface area contributed by atoms with E-state index in [1.807, 2.05) is 13.0 Å². The Morgan fingerprint density at radius 2 is 1.66 bits per heavy atom. The zero-order valence-electron chi connectivity index (χ0n) is 25.1. The van der Waals surface area contributed by atoms with Crippen molar-refractivity contribution >= 4 is 5.78 Å². The highest BCUT2D eigenvalue weighted by Gasteiger charge is 2.70. The van der Waals surface area contributed by atoms with Crippen molar-refractivity contribution in [2.24, 2.45) is 28.6 Å². The summed E-state index contributed by atoms with van der Waals surface area (Å²) in [4.78, 5) is 13.8. The highest BCUT2D eigenvalue weighted by molar-refractivity contribution is 5.95. The Morgan fingerprint density at radius 3 is 2.21 bits per heavy atom. The molecule has 0 aromatic carbocycles. The van der Waals surface area contributed by atoms with Crippen molar-refractivity contribution in [3.05, 3.63) is 11.6 Å². The van der Waals surface area contributed by atoms with Gasteiger partial charge in [-0.1, -0.05) is 13.8 Å². The van der Waals surface area contributed by atoms with Crippen LogP contribution in [0.15, 0.2) is 11.6 Å². The Balaban J connectivity index is 1.71. The fourth-order valence-electron chi connectivity index (χ4n) is 9.54. The third kappa shape index (κ3) is 4.44. The van der Waals surface area contributed by atoms with Gasteiger partial charge in [0.1, 0.15) is 0 Å². The van der Waals surface area contributed by atoms with Crippen molar-refractivity contribution in [1.29, 1.82) is 0 Å². The molecule has 4 aliphatic carbocycles. The van der Waals surface area contributed by atoms with E-state index in [4.69, 9.17) is 18.9 Å². The maximum Gasteiger partial charge on any atom is 0.159 e. The van der Waals surface area contributed by atoms with E-state index in [2.05, 4.69) is 13.8 Å². The van der Waals surface area contributed by atoms with Gasteiger partial charge >= 0.3 is 0 Å². The van der Waals surface area contributed by atoms with Crippen LogP contribution in [0.25, 0.3) is 0 Å². The summed E-state index contributed by atoms with van der Waals surface area (Å²) in [5.74, 6) is 0.211. The third-order valence-corrected chi connectivity index (χ3v) is 11.6. The van der Waals surface area contributed by atoms with E-state index in [1.165, 1.54) is 0 Å². The molecule has 3 saturated carbocycles. The second kappa shape index (κ2) is 10.2. The van der Waals surface area contributed by atoms with Gasteiger partial charge in [-0.15, -0.1) is 0 Å². The second-order valence-corrected chi connectivity index (χ2v) is 14.0. The first-order valence-corrected chi connectivity index (χ1v) is 14.5. The summed E-state index contributed by atoms with van der Waals surface area (Å²) in [5, 5.41) is 22.5. The van der Waals surface area contributed by atoms with Crippen LogP contribution in [-0.4, -0.2) is 79.6 Å². The van der Waals surface area contributed by atoms with Crippen molar-refractivity contribution in [3.8, 4) is 0 Å². The van der Waals surface area contributed by atoms with Crippen LogP contribution in [0.2, 0.25) is 0 Å². The van der Waals surface area contributed by atoms with Crippen LogP contribution in [0.1, 0.15) is 86.0 Å². The Morgan fingerprint density at radius 1 is 1.00 bits per heavy atom. The second-order valence-electron chi connectivity index (χ2n) is 14.0. The number of hydrogen-bond acceptors (Lipinski definition) is 7. The van der Waals surface area contributed by atoms with Gasteiger partial charge in [0, 0.05) is 39.8 Å². The number of rotatable bonds is 9. The van der Waals surface area contributed by atoms with E-state index in [1.54, 1.807) is 42.3 Å². The van der Waals surface area contributed by atoms with Gasteiger partial charge in [0.2, 0.25) is 0 Å². The van der Waals surface area contributed by atoms with E-state index in [9.17, 15) is 15.0 Å². The average molecular weight is 537 g/mol. The van der Waals surface area contributed by atoms with Crippen LogP contribution in [-0.2, 0) is 23.7 Å². The van der Waals surface area contributed by atoms with Crippen LogP contribution in [0.5, 0.6) is 0 Å². The molecule has 0 saturated heterocycles. The number of ether oxygens (including phenoxy) is 4. The first-order valence-electron chi connectivity index (χ1n) is 14.5. The number of carbonyl (C=O) groups is 1. The molecule has 218 valence electrons. The van der Waals surface area contributed by atoms with Gasteiger partial charge in [-0.05, 0) is 101 Å². The highest BCUT2D eigenvalue weighted by Crippen LogP contribution is 2.70. The van der Waals surface area contributed by atoms with Crippen LogP contribution in [0.3, 0.4) is 0 Å². The molecule has 0 aromatic heterocycles. The summed E-state index contributed by atoms with van der Waals surface area (Å²) in [6.07, 6.45) is 7.29. The number of fused-ring (bicyclic) bond motifs is 5. The van der Waals surface area contributed by atoms with E-state index in [0.29, 0.717) is 19.3 Å². The van der Waals surface area contributed by atoms with Gasteiger partial charge in [-0.3, -0.25) is 4.79 Å². The van der Waals surface area contributed by atoms with E-state index in [0.717, 1.165) is 37.7 Å². The molecule has 0 bridgehead atoms.